The molecule has 0 radical (unpaired) electrons. The molecule has 2 aliphatic rings. The number of halogens is 4. The van der Waals surface area contributed by atoms with Gasteiger partial charge in [0.1, 0.15) is 23.5 Å². The molecule has 192 valence electrons. The van der Waals surface area contributed by atoms with Crippen molar-refractivity contribution >= 4 is 17.7 Å². The normalized spacial score (nSPS) is 16.6. The van der Waals surface area contributed by atoms with E-state index < -0.39 is 35.0 Å². The van der Waals surface area contributed by atoms with Crippen molar-refractivity contribution in [1.82, 2.24) is 10.3 Å². The lowest BCUT2D eigenvalue weighted by molar-refractivity contribution is -0.137. The zero-order valence-electron chi connectivity index (χ0n) is 19.3. The van der Waals surface area contributed by atoms with Gasteiger partial charge in [-0.1, -0.05) is 18.2 Å². The van der Waals surface area contributed by atoms with E-state index in [4.69, 9.17) is 9.84 Å². The van der Waals surface area contributed by atoms with Crippen LogP contribution in [-0.4, -0.2) is 41.2 Å². The van der Waals surface area contributed by atoms with E-state index in [1.165, 1.54) is 30.3 Å². The minimum Gasteiger partial charge on any atom is -0.487 e. The number of carbonyl (C=O) groups is 2. The van der Waals surface area contributed by atoms with E-state index in [-0.39, 0.29) is 36.1 Å². The maximum absolute atomic E-state index is 13.4. The molecule has 5 rings (SSSR count). The Morgan fingerprint density at radius 1 is 1.08 bits per heavy atom. The molecule has 37 heavy (non-hydrogen) atoms. The van der Waals surface area contributed by atoms with Crippen molar-refractivity contribution in [3.63, 3.8) is 0 Å². The number of nitrogens with one attached hydrogen (secondary N) is 1. The van der Waals surface area contributed by atoms with Gasteiger partial charge in [-0.25, -0.2) is 14.2 Å². The summed E-state index contributed by atoms with van der Waals surface area (Å²) in [5, 5.41) is 11.9. The number of alkyl halides is 3. The number of amides is 1. The van der Waals surface area contributed by atoms with Crippen LogP contribution in [0.3, 0.4) is 0 Å². The predicted molar refractivity (Wildman–Crippen MR) is 124 cm³/mol. The molecule has 0 unspecified atom stereocenters. The number of anilines is 1. The Morgan fingerprint density at radius 2 is 1.78 bits per heavy atom. The summed E-state index contributed by atoms with van der Waals surface area (Å²) in [6.07, 6.45) is -3.25. The number of aromatic carboxylic acids is 1. The van der Waals surface area contributed by atoms with E-state index in [1.54, 1.807) is 23.1 Å². The van der Waals surface area contributed by atoms with Crippen LogP contribution in [0.1, 0.15) is 44.7 Å². The number of benzene rings is 2. The van der Waals surface area contributed by atoms with Gasteiger partial charge in [0.15, 0.2) is 0 Å². The van der Waals surface area contributed by atoms with Gasteiger partial charge in [-0.15, -0.1) is 0 Å². The summed E-state index contributed by atoms with van der Waals surface area (Å²) in [5.41, 5.74) is -1.32. The quantitative estimate of drug-likeness (QED) is 0.446. The zero-order chi connectivity index (χ0) is 26.4. The van der Waals surface area contributed by atoms with Gasteiger partial charge in [0, 0.05) is 12.3 Å². The molecule has 11 heteroatoms. The smallest absolute Gasteiger partial charge is 0.417 e. The summed E-state index contributed by atoms with van der Waals surface area (Å²) in [6, 6.07) is 12.4. The number of pyridine rings is 1. The van der Waals surface area contributed by atoms with Crippen LogP contribution in [0.25, 0.3) is 0 Å². The highest BCUT2D eigenvalue weighted by atomic mass is 19.4. The van der Waals surface area contributed by atoms with E-state index in [1.807, 2.05) is 0 Å². The minimum absolute atomic E-state index is 0.0848. The highest BCUT2D eigenvalue weighted by Gasteiger charge is 2.46. The Bertz CT molecular complexity index is 1350. The molecular weight excluding hydrogens is 494 g/mol. The molecule has 1 saturated carbocycles. The number of carboxylic acid groups (broad SMARTS) is 1. The van der Waals surface area contributed by atoms with E-state index in [0.717, 1.165) is 6.07 Å². The molecule has 3 aromatic rings. The Kier molecular flexibility index (Phi) is 6.01. The number of hydrogen-bond donors (Lipinski definition) is 2. The van der Waals surface area contributed by atoms with E-state index in [2.05, 4.69) is 10.3 Å². The Labute approximate surface area is 208 Å². The average Bonchev–Trinajstić information content (AvgIpc) is 3.61. The van der Waals surface area contributed by atoms with Gasteiger partial charge in [0.05, 0.1) is 35.3 Å². The average molecular weight is 515 g/mol. The lowest BCUT2D eigenvalue weighted by Gasteiger charge is -2.40. The first-order chi connectivity index (χ1) is 17.5. The van der Waals surface area contributed by atoms with Gasteiger partial charge in [-0.05, 0) is 48.7 Å². The molecule has 2 N–H and O–H groups in total. The maximum atomic E-state index is 13.4. The minimum atomic E-state index is -4.69. The van der Waals surface area contributed by atoms with Gasteiger partial charge in [-0.2, -0.15) is 13.2 Å². The number of ether oxygens (including phenoxy) is 1. The van der Waals surface area contributed by atoms with Crippen LogP contribution < -0.4 is 15.0 Å². The van der Waals surface area contributed by atoms with Crippen LogP contribution in [0.2, 0.25) is 0 Å². The third kappa shape index (κ3) is 5.07. The van der Waals surface area contributed by atoms with E-state index >= 15 is 0 Å². The molecule has 2 aromatic carbocycles. The van der Waals surface area contributed by atoms with Crippen LogP contribution in [-0.2, 0) is 11.7 Å². The lowest BCUT2D eigenvalue weighted by atomic mass is 10.0. The van der Waals surface area contributed by atoms with Crippen LogP contribution in [0.5, 0.6) is 5.75 Å². The highest BCUT2D eigenvalue weighted by Crippen LogP contribution is 2.46. The number of nitrogens with zero attached hydrogens (tertiary/aromatic N) is 2. The van der Waals surface area contributed by atoms with Gasteiger partial charge in [-0.3, -0.25) is 4.79 Å². The highest BCUT2D eigenvalue weighted by molar-refractivity contribution is 6.00. The largest absolute Gasteiger partial charge is 0.487 e. The molecule has 1 aliphatic heterocycles. The molecule has 7 nitrogen and oxygen atoms in total. The molecule has 1 aromatic heterocycles. The SMILES string of the molecule is O=C(O)c1ccc(C2(NC(=O)c3cc(C(F)(F)F)cnc3N3CC(Oc4cccc(F)c4)C3)CC2)cc1. The fraction of sp³-hybridized carbons (Fsp3) is 0.269. The zero-order valence-corrected chi connectivity index (χ0v) is 19.3. The molecule has 2 heterocycles. The Hall–Kier alpha value is -4.15. The Morgan fingerprint density at radius 3 is 2.38 bits per heavy atom. The third-order valence-electron chi connectivity index (χ3n) is 6.47. The molecule has 1 amide bonds. The monoisotopic (exact) mass is 515 g/mol. The second-order valence-corrected chi connectivity index (χ2v) is 9.11. The molecular formula is C26H21F4N3O4. The first-order valence-electron chi connectivity index (χ1n) is 11.4. The second kappa shape index (κ2) is 9.06. The molecule has 0 atom stereocenters. The van der Waals surface area contributed by atoms with Crippen molar-refractivity contribution in [3.8, 4) is 5.75 Å². The van der Waals surface area contributed by atoms with Crippen molar-refractivity contribution in [2.45, 2.75) is 30.7 Å². The van der Waals surface area contributed by atoms with Gasteiger partial charge < -0.3 is 20.1 Å². The molecule has 2 fully saturated rings. The number of aromatic nitrogens is 1. The number of rotatable bonds is 7. The van der Waals surface area contributed by atoms with Crippen LogP contribution in [0, 0.1) is 5.82 Å². The van der Waals surface area contributed by atoms with Crippen LogP contribution in [0.4, 0.5) is 23.4 Å². The maximum Gasteiger partial charge on any atom is 0.417 e. The van der Waals surface area contributed by atoms with Crippen molar-refractivity contribution in [2.75, 3.05) is 18.0 Å². The van der Waals surface area contributed by atoms with Crippen molar-refractivity contribution < 1.29 is 37.0 Å². The van der Waals surface area contributed by atoms with Gasteiger partial charge in [0.2, 0.25) is 0 Å². The van der Waals surface area contributed by atoms with E-state index in [9.17, 15) is 27.2 Å². The fourth-order valence-electron chi connectivity index (χ4n) is 4.28. The summed E-state index contributed by atoms with van der Waals surface area (Å²) in [7, 11) is 0. The fourth-order valence-corrected chi connectivity index (χ4v) is 4.28. The summed E-state index contributed by atoms with van der Waals surface area (Å²) in [5.74, 6) is -1.85. The lowest BCUT2D eigenvalue weighted by Crippen LogP contribution is -2.55. The molecule has 1 aliphatic carbocycles. The van der Waals surface area contributed by atoms with Crippen LogP contribution >= 0.6 is 0 Å². The second-order valence-electron chi connectivity index (χ2n) is 9.11. The van der Waals surface area contributed by atoms with E-state index in [0.29, 0.717) is 30.4 Å². The Balaban J connectivity index is 1.36. The van der Waals surface area contributed by atoms with Gasteiger partial charge >= 0.3 is 12.1 Å². The standard InChI is InChI=1S/C26H21F4N3O4/c27-18-2-1-3-19(11-18)37-20-13-33(14-20)22-21(10-17(12-31-22)26(28,29)30)23(34)32-25(8-9-25)16-6-4-15(5-7-16)24(35)36/h1-7,10-12,20H,8-9,13-14H2,(H,32,34)(H,35,36). The third-order valence-corrected chi connectivity index (χ3v) is 6.47. The predicted octanol–water partition coefficient (Wildman–Crippen LogP) is 4.62. The number of carboxylic acids is 1. The van der Waals surface area contributed by atoms with Gasteiger partial charge in [0.25, 0.3) is 5.91 Å². The van der Waals surface area contributed by atoms with Crippen molar-refractivity contribution in [3.05, 3.63) is 88.9 Å². The number of carbonyl (C=O) groups excluding carboxylic acids is 1. The van der Waals surface area contributed by atoms with Crippen molar-refractivity contribution in [2.24, 2.45) is 0 Å². The summed E-state index contributed by atoms with van der Waals surface area (Å²) < 4.78 is 59.4. The number of hydrogen-bond acceptors (Lipinski definition) is 5. The first kappa shape index (κ1) is 24.5. The summed E-state index contributed by atoms with van der Waals surface area (Å²) in [6.45, 7) is 0.494. The molecule has 1 saturated heterocycles. The summed E-state index contributed by atoms with van der Waals surface area (Å²) >= 11 is 0. The van der Waals surface area contributed by atoms with Crippen molar-refractivity contribution in [1.29, 1.82) is 0 Å². The van der Waals surface area contributed by atoms with Crippen LogP contribution in [0.15, 0.2) is 60.8 Å². The summed E-state index contributed by atoms with van der Waals surface area (Å²) in [4.78, 5) is 30.0. The first-order valence-corrected chi connectivity index (χ1v) is 11.4. The topological polar surface area (TPSA) is 91.8 Å². The molecule has 0 bridgehead atoms. The molecule has 0 spiro atoms.